The van der Waals surface area contributed by atoms with Crippen molar-refractivity contribution in [3.8, 4) is 0 Å². The summed E-state index contributed by atoms with van der Waals surface area (Å²) in [5.41, 5.74) is 1.67. The molecule has 2 atom stereocenters. The minimum atomic E-state index is -0.0425. The highest BCUT2D eigenvalue weighted by molar-refractivity contribution is 5.75. The molecule has 0 saturated carbocycles. The zero-order valence-electron chi connectivity index (χ0n) is 18.7. The number of anilines is 2. The molecule has 0 aromatic carbocycles. The lowest BCUT2D eigenvalue weighted by atomic mass is 10.1. The highest BCUT2D eigenvalue weighted by atomic mass is 16.1. The quantitative estimate of drug-likeness (QED) is 0.633. The van der Waals surface area contributed by atoms with Gasteiger partial charge in [-0.05, 0) is 37.5 Å². The van der Waals surface area contributed by atoms with Crippen LogP contribution in [0.2, 0.25) is 0 Å². The number of hydrogen-bond donors (Lipinski definition) is 2. The lowest BCUT2D eigenvalue weighted by Gasteiger charge is -2.28. The molecule has 0 spiro atoms. The van der Waals surface area contributed by atoms with E-state index in [4.69, 9.17) is 4.98 Å². The Labute approximate surface area is 182 Å². The van der Waals surface area contributed by atoms with E-state index in [1.165, 1.54) is 0 Å². The van der Waals surface area contributed by atoms with Crippen molar-refractivity contribution < 1.29 is 0 Å². The minimum Gasteiger partial charge on any atom is -0.354 e. The second-order valence-electron chi connectivity index (χ2n) is 8.55. The summed E-state index contributed by atoms with van der Waals surface area (Å²) >= 11 is 0. The first-order valence-electron chi connectivity index (χ1n) is 11.0. The monoisotopic (exact) mass is 421 g/mol. The molecule has 0 unspecified atom stereocenters. The average Bonchev–Trinajstić information content (AvgIpc) is 2.79. The second kappa shape index (κ2) is 9.01. The van der Waals surface area contributed by atoms with Crippen LogP contribution in [0.5, 0.6) is 0 Å². The Bertz CT molecular complexity index is 1090. The fourth-order valence-corrected chi connectivity index (χ4v) is 3.81. The SMILES string of the molecule is CC(C)[C@H](C)n1c(=O)ccc2cnc(N[C@@H](C)c3ccc(N4CCNCC4)nc3)nc21. The van der Waals surface area contributed by atoms with Crippen molar-refractivity contribution in [2.24, 2.45) is 5.92 Å². The van der Waals surface area contributed by atoms with Gasteiger partial charge >= 0.3 is 0 Å². The summed E-state index contributed by atoms with van der Waals surface area (Å²) in [6, 6.07) is 7.56. The number of piperazine rings is 1. The topological polar surface area (TPSA) is 88.0 Å². The molecule has 8 nitrogen and oxygen atoms in total. The van der Waals surface area contributed by atoms with Crippen molar-refractivity contribution in [3.05, 3.63) is 52.6 Å². The van der Waals surface area contributed by atoms with Gasteiger partial charge in [-0.1, -0.05) is 19.9 Å². The summed E-state index contributed by atoms with van der Waals surface area (Å²) in [5.74, 6) is 1.82. The van der Waals surface area contributed by atoms with E-state index in [0.717, 1.165) is 42.9 Å². The van der Waals surface area contributed by atoms with Gasteiger partial charge in [0, 0.05) is 56.1 Å². The van der Waals surface area contributed by atoms with E-state index in [1.807, 2.05) is 6.20 Å². The molecule has 4 heterocycles. The second-order valence-corrected chi connectivity index (χ2v) is 8.55. The van der Waals surface area contributed by atoms with Gasteiger partial charge in [0.25, 0.3) is 5.56 Å². The largest absolute Gasteiger partial charge is 0.354 e. The number of fused-ring (bicyclic) bond motifs is 1. The Morgan fingerprint density at radius 2 is 1.77 bits per heavy atom. The van der Waals surface area contributed by atoms with Crippen LogP contribution in [0.25, 0.3) is 11.0 Å². The van der Waals surface area contributed by atoms with Crippen molar-refractivity contribution in [1.82, 2.24) is 24.8 Å². The molecule has 0 radical (unpaired) electrons. The van der Waals surface area contributed by atoms with E-state index in [0.29, 0.717) is 17.5 Å². The molecule has 4 rings (SSSR count). The number of pyridine rings is 2. The number of rotatable bonds is 6. The van der Waals surface area contributed by atoms with Crippen molar-refractivity contribution in [2.75, 3.05) is 36.4 Å². The van der Waals surface area contributed by atoms with Crippen molar-refractivity contribution in [2.45, 2.75) is 39.8 Å². The van der Waals surface area contributed by atoms with Crippen LogP contribution in [-0.2, 0) is 0 Å². The Kier molecular flexibility index (Phi) is 6.18. The van der Waals surface area contributed by atoms with E-state index in [1.54, 1.807) is 22.9 Å². The summed E-state index contributed by atoms with van der Waals surface area (Å²) < 4.78 is 1.77. The van der Waals surface area contributed by atoms with E-state index < -0.39 is 0 Å². The van der Waals surface area contributed by atoms with Gasteiger partial charge in [0.2, 0.25) is 5.95 Å². The Morgan fingerprint density at radius 1 is 1.00 bits per heavy atom. The summed E-state index contributed by atoms with van der Waals surface area (Å²) in [4.78, 5) is 28.7. The van der Waals surface area contributed by atoms with Crippen molar-refractivity contribution >= 4 is 22.8 Å². The molecule has 3 aromatic heterocycles. The van der Waals surface area contributed by atoms with Crippen LogP contribution in [0.1, 0.15) is 45.3 Å². The lowest BCUT2D eigenvalue weighted by Crippen LogP contribution is -2.43. The van der Waals surface area contributed by atoms with Gasteiger partial charge in [-0.2, -0.15) is 4.98 Å². The minimum absolute atomic E-state index is 0.0200. The smallest absolute Gasteiger partial charge is 0.252 e. The van der Waals surface area contributed by atoms with Gasteiger partial charge in [-0.25, -0.2) is 9.97 Å². The average molecular weight is 422 g/mol. The first kappa shape index (κ1) is 21.2. The molecule has 1 saturated heterocycles. The molecular weight excluding hydrogens is 390 g/mol. The predicted octanol–water partition coefficient (Wildman–Crippen LogP) is 2.99. The molecule has 1 fully saturated rings. The van der Waals surface area contributed by atoms with Gasteiger partial charge in [-0.15, -0.1) is 0 Å². The first-order chi connectivity index (χ1) is 14.9. The molecule has 8 heteroatoms. The van der Waals surface area contributed by atoms with Gasteiger partial charge in [0.05, 0.1) is 6.04 Å². The Morgan fingerprint density at radius 3 is 2.45 bits per heavy atom. The lowest BCUT2D eigenvalue weighted by molar-refractivity contribution is 0.407. The molecular formula is C23H31N7O. The standard InChI is InChI=1S/C23H31N7O/c1-15(2)17(4)30-21(31)8-6-19-14-26-23(28-22(19)30)27-16(3)18-5-7-20(25-13-18)29-11-9-24-10-12-29/h5-8,13-17,24H,9-12H2,1-4H3,(H,26,27,28)/t16-,17-/m0/s1. The van der Waals surface area contributed by atoms with E-state index in [9.17, 15) is 4.79 Å². The fraction of sp³-hybridized carbons (Fsp3) is 0.478. The van der Waals surface area contributed by atoms with E-state index >= 15 is 0 Å². The summed E-state index contributed by atoms with van der Waals surface area (Å²) in [5, 5.41) is 7.58. The first-order valence-corrected chi connectivity index (χ1v) is 11.0. The summed E-state index contributed by atoms with van der Waals surface area (Å²) in [6.07, 6.45) is 3.68. The zero-order valence-corrected chi connectivity index (χ0v) is 18.7. The zero-order chi connectivity index (χ0) is 22.0. The maximum atomic E-state index is 12.6. The molecule has 0 bridgehead atoms. The Hall–Kier alpha value is -3.00. The number of hydrogen-bond acceptors (Lipinski definition) is 7. The predicted molar refractivity (Wildman–Crippen MR) is 125 cm³/mol. The third kappa shape index (κ3) is 4.54. The van der Waals surface area contributed by atoms with Gasteiger partial charge < -0.3 is 15.5 Å². The molecule has 0 amide bonds. The molecule has 1 aliphatic rings. The van der Waals surface area contributed by atoms with Crippen LogP contribution in [0.3, 0.4) is 0 Å². The maximum Gasteiger partial charge on any atom is 0.252 e. The van der Waals surface area contributed by atoms with E-state index in [-0.39, 0.29) is 17.6 Å². The maximum absolute atomic E-state index is 12.6. The number of aromatic nitrogens is 4. The van der Waals surface area contributed by atoms with Crippen LogP contribution in [0.15, 0.2) is 41.5 Å². The van der Waals surface area contributed by atoms with Crippen LogP contribution >= 0.6 is 0 Å². The van der Waals surface area contributed by atoms with Crippen LogP contribution in [-0.4, -0.2) is 45.7 Å². The van der Waals surface area contributed by atoms with Crippen molar-refractivity contribution in [3.63, 3.8) is 0 Å². The number of nitrogens with one attached hydrogen (secondary N) is 2. The normalized spacial score (nSPS) is 16.5. The molecule has 2 N–H and O–H groups in total. The molecule has 1 aliphatic heterocycles. The fourth-order valence-electron chi connectivity index (χ4n) is 3.81. The highest BCUT2D eigenvalue weighted by Gasteiger charge is 2.17. The highest BCUT2D eigenvalue weighted by Crippen LogP contribution is 2.23. The van der Waals surface area contributed by atoms with Crippen molar-refractivity contribution in [1.29, 1.82) is 0 Å². The number of nitrogens with zero attached hydrogens (tertiary/aromatic N) is 5. The van der Waals surface area contributed by atoms with Gasteiger partial charge in [-0.3, -0.25) is 9.36 Å². The summed E-state index contributed by atoms with van der Waals surface area (Å²) in [6.45, 7) is 12.2. The van der Waals surface area contributed by atoms with E-state index in [2.05, 4.69) is 65.3 Å². The molecule has 164 valence electrons. The molecule has 31 heavy (non-hydrogen) atoms. The third-order valence-electron chi connectivity index (χ3n) is 6.10. The Balaban J connectivity index is 1.56. The molecule has 3 aromatic rings. The summed E-state index contributed by atoms with van der Waals surface area (Å²) in [7, 11) is 0. The van der Waals surface area contributed by atoms with Crippen LogP contribution in [0, 0.1) is 5.92 Å². The van der Waals surface area contributed by atoms with Gasteiger partial charge in [0.1, 0.15) is 11.5 Å². The van der Waals surface area contributed by atoms with Crippen LogP contribution in [0.4, 0.5) is 11.8 Å². The van der Waals surface area contributed by atoms with Crippen LogP contribution < -0.4 is 21.1 Å². The third-order valence-corrected chi connectivity index (χ3v) is 6.10. The van der Waals surface area contributed by atoms with Gasteiger partial charge in [0.15, 0.2) is 0 Å². The molecule has 0 aliphatic carbocycles.